The Bertz CT molecular complexity index is 1450. The minimum absolute atomic E-state index is 0.185. The number of ether oxygens (including phenoxy) is 1. The van der Waals surface area contributed by atoms with E-state index in [1.54, 1.807) is 11.8 Å². The Morgan fingerprint density at radius 1 is 1.06 bits per heavy atom. The largest absolute Gasteiger partial charge is 0.376 e. The zero-order valence-corrected chi connectivity index (χ0v) is 20.4. The Morgan fingerprint density at radius 3 is 2.80 bits per heavy atom. The summed E-state index contributed by atoms with van der Waals surface area (Å²) in [6.07, 6.45) is 5.10. The molecule has 0 bridgehead atoms. The summed E-state index contributed by atoms with van der Waals surface area (Å²) in [7, 11) is 0. The number of nitrogens with zero attached hydrogens (tertiary/aromatic N) is 3. The molecule has 3 aromatic carbocycles. The maximum absolute atomic E-state index is 6.75. The lowest BCUT2D eigenvalue weighted by molar-refractivity contribution is 0.0938. The number of fused-ring (bicyclic) bond motifs is 2. The van der Waals surface area contributed by atoms with Gasteiger partial charge < -0.3 is 20.0 Å². The van der Waals surface area contributed by atoms with E-state index in [4.69, 9.17) is 10.5 Å². The average Bonchev–Trinajstić information content (AvgIpc) is 3.64. The van der Waals surface area contributed by atoms with Crippen molar-refractivity contribution in [1.82, 2.24) is 19.7 Å². The molecule has 1 aliphatic rings. The Morgan fingerprint density at radius 2 is 1.91 bits per heavy atom. The number of aromatic nitrogens is 4. The molecule has 0 aliphatic carbocycles. The average molecular weight is 484 g/mol. The molecule has 3 N–H and O–H groups in total. The van der Waals surface area contributed by atoms with Crippen LogP contribution in [0.5, 0.6) is 0 Å². The van der Waals surface area contributed by atoms with E-state index < -0.39 is 0 Å². The van der Waals surface area contributed by atoms with Crippen LogP contribution in [0.25, 0.3) is 21.7 Å². The first-order chi connectivity index (χ1) is 17.2. The lowest BCUT2D eigenvalue weighted by Crippen LogP contribution is -2.23. The Kier molecular flexibility index (Phi) is 6.29. The van der Waals surface area contributed by atoms with E-state index in [0.29, 0.717) is 6.42 Å². The van der Waals surface area contributed by atoms with Gasteiger partial charge in [-0.2, -0.15) is 0 Å². The number of nitrogens with one attached hydrogen (secondary N) is 1. The first-order valence-electron chi connectivity index (χ1n) is 12.2. The van der Waals surface area contributed by atoms with Crippen molar-refractivity contribution >= 4 is 33.4 Å². The molecule has 1 saturated heterocycles. The highest BCUT2D eigenvalue weighted by Crippen LogP contribution is 2.29. The molecule has 0 spiro atoms. The van der Waals surface area contributed by atoms with Crippen molar-refractivity contribution in [3.8, 4) is 0 Å². The summed E-state index contributed by atoms with van der Waals surface area (Å²) in [5.74, 6) is 1.65. The van der Waals surface area contributed by atoms with Crippen molar-refractivity contribution in [2.75, 3.05) is 6.61 Å². The topological polar surface area (TPSA) is 81.8 Å². The summed E-state index contributed by atoms with van der Waals surface area (Å²) in [5.41, 5.74) is 10.3. The third-order valence-corrected chi connectivity index (χ3v) is 7.82. The monoisotopic (exact) mass is 483 g/mol. The van der Waals surface area contributed by atoms with Gasteiger partial charge in [-0.15, -0.1) is 10.2 Å². The van der Waals surface area contributed by atoms with Gasteiger partial charge in [-0.25, -0.2) is 0 Å². The molecule has 0 saturated carbocycles. The minimum atomic E-state index is -0.252. The predicted molar refractivity (Wildman–Crippen MR) is 141 cm³/mol. The number of H-pyrrole nitrogens is 1. The zero-order valence-electron chi connectivity index (χ0n) is 19.6. The van der Waals surface area contributed by atoms with Crippen molar-refractivity contribution in [2.45, 2.75) is 48.9 Å². The van der Waals surface area contributed by atoms with E-state index >= 15 is 0 Å². The van der Waals surface area contributed by atoms with E-state index in [1.165, 1.54) is 27.3 Å². The van der Waals surface area contributed by atoms with Crippen LogP contribution < -0.4 is 5.73 Å². The molecule has 3 heterocycles. The van der Waals surface area contributed by atoms with Gasteiger partial charge in [-0.3, -0.25) is 0 Å². The fourth-order valence-corrected chi connectivity index (χ4v) is 5.85. The summed E-state index contributed by atoms with van der Waals surface area (Å²) in [6, 6.07) is 23.2. The standard InChI is InChI=1S/C28H29N5OS/c29-25(15-22-16-30-26-10-4-3-9-24(22)26)27-31-32-28(33(27)17-23-8-5-13-34-23)35-18-19-11-12-20-6-1-2-7-21(20)14-19/h1-4,6-7,9-12,14,16,23,25,30H,5,8,13,15,17-18,29H2. The van der Waals surface area contributed by atoms with E-state index in [0.717, 1.165) is 48.2 Å². The maximum atomic E-state index is 6.75. The van der Waals surface area contributed by atoms with E-state index in [-0.39, 0.29) is 12.1 Å². The quantitative estimate of drug-likeness (QED) is 0.280. The van der Waals surface area contributed by atoms with E-state index in [9.17, 15) is 0 Å². The lowest BCUT2D eigenvalue weighted by Gasteiger charge is -2.17. The maximum Gasteiger partial charge on any atom is 0.191 e. The van der Waals surface area contributed by atoms with Gasteiger partial charge in [0.2, 0.25) is 0 Å². The van der Waals surface area contributed by atoms with Crippen LogP contribution in [0.15, 0.2) is 78.1 Å². The lowest BCUT2D eigenvalue weighted by atomic mass is 10.0. The molecule has 35 heavy (non-hydrogen) atoms. The molecular formula is C28H29N5OS. The van der Waals surface area contributed by atoms with Crippen molar-refractivity contribution in [3.63, 3.8) is 0 Å². The van der Waals surface area contributed by atoms with Gasteiger partial charge in [0.05, 0.1) is 18.7 Å². The summed E-state index contributed by atoms with van der Waals surface area (Å²) < 4.78 is 8.15. The molecule has 1 fully saturated rings. The van der Waals surface area contributed by atoms with Gasteiger partial charge in [0, 0.05) is 29.5 Å². The van der Waals surface area contributed by atoms with Crippen molar-refractivity contribution in [1.29, 1.82) is 0 Å². The minimum Gasteiger partial charge on any atom is -0.376 e. The molecule has 6 nitrogen and oxygen atoms in total. The Balaban J connectivity index is 1.25. The first kappa shape index (κ1) is 22.3. The Hall–Kier alpha value is -3.13. The number of benzene rings is 3. The third kappa shape index (κ3) is 4.72. The number of para-hydroxylation sites is 1. The predicted octanol–water partition coefficient (Wildman–Crippen LogP) is 5.63. The number of rotatable bonds is 8. The van der Waals surface area contributed by atoms with Gasteiger partial charge in [-0.05, 0) is 47.2 Å². The second-order valence-electron chi connectivity index (χ2n) is 9.23. The number of hydrogen-bond donors (Lipinski definition) is 2. The SMILES string of the molecule is NC(Cc1c[nH]c2ccccc12)c1nnc(SCc2ccc3ccccc3c2)n1CC1CCCO1. The van der Waals surface area contributed by atoms with Crippen LogP contribution in [0.4, 0.5) is 0 Å². The molecule has 7 heteroatoms. The summed E-state index contributed by atoms with van der Waals surface area (Å²) in [5, 5.41) is 13.8. The summed E-state index contributed by atoms with van der Waals surface area (Å²) >= 11 is 1.71. The molecule has 1 aliphatic heterocycles. The summed E-state index contributed by atoms with van der Waals surface area (Å²) in [4.78, 5) is 3.35. The van der Waals surface area contributed by atoms with Crippen LogP contribution >= 0.6 is 11.8 Å². The highest BCUT2D eigenvalue weighted by molar-refractivity contribution is 7.98. The number of aromatic amines is 1. The highest BCUT2D eigenvalue weighted by Gasteiger charge is 2.24. The van der Waals surface area contributed by atoms with E-state index in [2.05, 4.69) is 86.6 Å². The highest BCUT2D eigenvalue weighted by atomic mass is 32.2. The summed E-state index contributed by atoms with van der Waals surface area (Å²) in [6.45, 7) is 1.56. The van der Waals surface area contributed by atoms with Crippen LogP contribution in [0.2, 0.25) is 0 Å². The molecule has 5 aromatic rings. The van der Waals surface area contributed by atoms with Crippen LogP contribution in [-0.4, -0.2) is 32.5 Å². The number of hydrogen-bond acceptors (Lipinski definition) is 5. The van der Waals surface area contributed by atoms with Gasteiger partial charge in [0.15, 0.2) is 11.0 Å². The molecule has 2 unspecified atom stereocenters. The smallest absolute Gasteiger partial charge is 0.191 e. The van der Waals surface area contributed by atoms with Crippen LogP contribution in [0.3, 0.4) is 0 Å². The van der Waals surface area contributed by atoms with Crippen LogP contribution in [0.1, 0.15) is 35.8 Å². The molecule has 6 rings (SSSR count). The van der Waals surface area contributed by atoms with Crippen molar-refractivity contribution < 1.29 is 4.74 Å². The second-order valence-corrected chi connectivity index (χ2v) is 10.2. The molecule has 0 amide bonds. The van der Waals surface area contributed by atoms with Crippen molar-refractivity contribution in [2.24, 2.45) is 5.73 Å². The van der Waals surface area contributed by atoms with Gasteiger partial charge in [0.1, 0.15) is 0 Å². The first-order valence-corrected chi connectivity index (χ1v) is 13.2. The normalized spacial score (nSPS) is 16.9. The van der Waals surface area contributed by atoms with E-state index in [1.807, 2.05) is 6.07 Å². The van der Waals surface area contributed by atoms with Crippen LogP contribution in [-0.2, 0) is 23.5 Å². The molecular weight excluding hydrogens is 454 g/mol. The fraction of sp³-hybridized carbons (Fsp3) is 0.286. The molecule has 2 aromatic heterocycles. The second kappa shape index (κ2) is 9.85. The third-order valence-electron chi connectivity index (χ3n) is 6.78. The zero-order chi connectivity index (χ0) is 23.6. The Labute approximate surface area is 208 Å². The number of nitrogens with two attached hydrogens (primary N) is 1. The molecule has 2 atom stereocenters. The van der Waals surface area contributed by atoms with Gasteiger partial charge in [-0.1, -0.05) is 72.4 Å². The van der Waals surface area contributed by atoms with Crippen molar-refractivity contribution in [3.05, 3.63) is 89.9 Å². The van der Waals surface area contributed by atoms with Gasteiger partial charge in [0.25, 0.3) is 0 Å². The molecule has 0 radical (unpaired) electrons. The fourth-order valence-electron chi connectivity index (χ4n) is 4.95. The number of thioether (sulfide) groups is 1. The van der Waals surface area contributed by atoms with Crippen LogP contribution in [0, 0.1) is 0 Å². The van der Waals surface area contributed by atoms with Gasteiger partial charge >= 0.3 is 0 Å². The molecule has 178 valence electrons.